The number of carbonyl (C=O) groups excluding carboxylic acids is 1. The van der Waals surface area contributed by atoms with Crippen LogP contribution in [0.25, 0.3) is 5.69 Å². The molecule has 1 amide bonds. The van der Waals surface area contributed by atoms with Gasteiger partial charge in [0.2, 0.25) is 5.91 Å². The molecule has 0 atom stereocenters. The first-order chi connectivity index (χ1) is 13.6. The molecule has 28 heavy (non-hydrogen) atoms. The summed E-state index contributed by atoms with van der Waals surface area (Å²) in [7, 11) is 0. The molecule has 1 N–H and O–H groups in total. The maximum atomic E-state index is 13.3. The number of benzene rings is 1. The van der Waals surface area contributed by atoms with Gasteiger partial charge in [-0.05, 0) is 80.7 Å². The number of aromatic nitrogens is 3. The number of halogens is 1. The topological polar surface area (TPSA) is 59.8 Å². The highest BCUT2D eigenvalue weighted by Gasteiger charge is 2.54. The monoisotopic (exact) mass is 416 g/mol. The summed E-state index contributed by atoms with van der Waals surface area (Å²) < 4.78 is 1.98. The minimum Gasteiger partial charge on any atom is -0.348 e. The molecule has 5 nitrogen and oxygen atoms in total. The molecule has 0 aliphatic heterocycles. The van der Waals surface area contributed by atoms with E-state index in [1.807, 2.05) is 35.1 Å². The maximum Gasteiger partial charge on any atom is 0.226 e. The number of hydrogen-bond acceptors (Lipinski definition) is 4. The molecule has 0 unspecified atom stereocenters. The van der Waals surface area contributed by atoms with Crippen molar-refractivity contribution < 1.29 is 4.79 Å². The van der Waals surface area contributed by atoms with Gasteiger partial charge in [0.05, 0.1) is 12.2 Å². The third kappa shape index (κ3) is 3.14. The molecular formula is C21H25ClN4OS. The van der Waals surface area contributed by atoms with Gasteiger partial charge in [-0.2, -0.15) is 0 Å². The van der Waals surface area contributed by atoms with Gasteiger partial charge in [-0.25, -0.2) is 0 Å². The molecule has 7 heteroatoms. The van der Waals surface area contributed by atoms with E-state index in [2.05, 4.69) is 15.5 Å². The van der Waals surface area contributed by atoms with Crippen LogP contribution in [-0.2, 0) is 11.3 Å². The Hall–Kier alpha value is -1.53. The summed E-state index contributed by atoms with van der Waals surface area (Å²) in [5, 5.41) is 13.3. The van der Waals surface area contributed by atoms with Crippen molar-refractivity contribution in [2.24, 2.45) is 23.2 Å². The van der Waals surface area contributed by atoms with Gasteiger partial charge in [-0.1, -0.05) is 29.4 Å². The fourth-order valence-corrected chi connectivity index (χ4v) is 6.86. The fourth-order valence-electron chi connectivity index (χ4n) is 6.16. The van der Waals surface area contributed by atoms with Crippen LogP contribution in [0.15, 0.2) is 29.4 Å². The van der Waals surface area contributed by atoms with Crippen LogP contribution < -0.4 is 5.32 Å². The van der Waals surface area contributed by atoms with Gasteiger partial charge in [-0.15, -0.1) is 10.2 Å². The lowest BCUT2D eigenvalue weighted by Crippen LogP contribution is -2.53. The highest BCUT2D eigenvalue weighted by Crippen LogP contribution is 2.60. The fraction of sp³-hybridized carbons (Fsp3) is 0.571. The SMILES string of the molecule is CSc1nnc(CNC(=O)C23CC4CC(CC(C4)C2)C3)n1-c1cccc(Cl)c1. The number of nitrogens with one attached hydrogen (secondary N) is 1. The second-order valence-electron chi connectivity index (χ2n) is 8.80. The van der Waals surface area contributed by atoms with E-state index < -0.39 is 0 Å². The number of thioether (sulfide) groups is 1. The number of amides is 1. The summed E-state index contributed by atoms with van der Waals surface area (Å²) in [4.78, 5) is 13.3. The Labute approximate surface area is 174 Å². The number of rotatable bonds is 5. The summed E-state index contributed by atoms with van der Waals surface area (Å²) in [5.74, 6) is 3.24. The molecule has 1 aromatic heterocycles. The Morgan fingerprint density at radius 1 is 1.21 bits per heavy atom. The van der Waals surface area contributed by atoms with Gasteiger partial charge in [0.1, 0.15) is 0 Å². The van der Waals surface area contributed by atoms with Crippen molar-refractivity contribution in [2.45, 2.75) is 50.2 Å². The van der Waals surface area contributed by atoms with E-state index in [4.69, 9.17) is 11.6 Å². The minimum absolute atomic E-state index is 0.141. The van der Waals surface area contributed by atoms with Crippen molar-refractivity contribution in [3.8, 4) is 5.69 Å². The van der Waals surface area contributed by atoms with Gasteiger partial charge in [-0.3, -0.25) is 9.36 Å². The molecule has 2 aromatic rings. The standard InChI is InChI=1S/C21H25ClN4OS/c1-28-20-25-24-18(26(20)17-4-2-3-16(22)8-17)12-23-19(27)21-9-13-5-14(10-21)7-15(6-13)11-21/h2-4,8,13-15H,5-7,9-12H2,1H3,(H,23,27). The van der Waals surface area contributed by atoms with E-state index in [1.165, 1.54) is 31.0 Å². The number of carbonyl (C=O) groups is 1. The molecular weight excluding hydrogens is 392 g/mol. The second kappa shape index (κ2) is 7.06. The molecule has 1 aromatic carbocycles. The third-order valence-electron chi connectivity index (χ3n) is 6.88. The van der Waals surface area contributed by atoms with Gasteiger partial charge in [0.25, 0.3) is 0 Å². The molecule has 0 radical (unpaired) electrons. The van der Waals surface area contributed by atoms with Gasteiger partial charge >= 0.3 is 0 Å². The van der Waals surface area contributed by atoms with Crippen molar-refractivity contribution in [3.63, 3.8) is 0 Å². The zero-order valence-electron chi connectivity index (χ0n) is 16.0. The lowest BCUT2D eigenvalue weighted by molar-refractivity contribution is -0.146. The second-order valence-corrected chi connectivity index (χ2v) is 10.0. The highest BCUT2D eigenvalue weighted by molar-refractivity contribution is 7.98. The van der Waals surface area contributed by atoms with E-state index >= 15 is 0 Å². The predicted molar refractivity (Wildman–Crippen MR) is 111 cm³/mol. The summed E-state index contributed by atoms with van der Waals surface area (Å²) in [6, 6.07) is 7.65. The number of hydrogen-bond donors (Lipinski definition) is 1. The van der Waals surface area contributed by atoms with Gasteiger partial charge in [0, 0.05) is 10.4 Å². The zero-order valence-corrected chi connectivity index (χ0v) is 17.6. The minimum atomic E-state index is -0.141. The first-order valence-corrected chi connectivity index (χ1v) is 11.7. The van der Waals surface area contributed by atoms with Crippen LogP contribution in [0.1, 0.15) is 44.3 Å². The Morgan fingerprint density at radius 3 is 2.50 bits per heavy atom. The molecule has 0 spiro atoms. The maximum absolute atomic E-state index is 13.3. The first kappa shape index (κ1) is 18.5. The Kier molecular flexibility index (Phi) is 4.67. The predicted octanol–water partition coefficient (Wildman–Crippen LogP) is 4.48. The largest absolute Gasteiger partial charge is 0.348 e. The van der Waals surface area contributed by atoms with E-state index in [0.717, 1.165) is 53.7 Å². The Balaban J connectivity index is 1.36. The third-order valence-corrected chi connectivity index (χ3v) is 7.74. The molecule has 1 heterocycles. The van der Waals surface area contributed by atoms with Crippen molar-refractivity contribution in [1.29, 1.82) is 0 Å². The van der Waals surface area contributed by atoms with E-state index in [-0.39, 0.29) is 11.3 Å². The molecule has 0 saturated heterocycles. The molecule has 4 aliphatic rings. The van der Waals surface area contributed by atoms with Crippen LogP contribution in [0.3, 0.4) is 0 Å². The van der Waals surface area contributed by atoms with Gasteiger partial charge < -0.3 is 5.32 Å². The molecule has 6 rings (SSSR count). The Bertz CT molecular complexity index is 876. The summed E-state index contributed by atoms with van der Waals surface area (Å²) >= 11 is 7.72. The summed E-state index contributed by atoms with van der Waals surface area (Å²) in [5.41, 5.74) is 0.777. The molecule has 148 valence electrons. The molecule has 4 saturated carbocycles. The van der Waals surface area contributed by atoms with Crippen LogP contribution in [-0.4, -0.2) is 26.9 Å². The van der Waals surface area contributed by atoms with Crippen LogP contribution in [0.4, 0.5) is 0 Å². The summed E-state index contributed by atoms with van der Waals surface area (Å²) in [6.07, 6.45) is 9.21. The zero-order chi connectivity index (χ0) is 19.3. The average molecular weight is 417 g/mol. The summed E-state index contributed by atoms with van der Waals surface area (Å²) in [6.45, 7) is 0.390. The first-order valence-electron chi connectivity index (χ1n) is 10.1. The highest BCUT2D eigenvalue weighted by atomic mass is 35.5. The lowest BCUT2D eigenvalue weighted by Gasteiger charge is -2.55. The molecule has 4 bridgehead atoms. The van der Waals surface area contributed by atoms with Crippen molar-refractivity contribution >= 4 is 29.3 Å². The molecule has 4 fully saturated rings. The quantitative estimate of drug-likeness (QED) is 0.730. The van der Waals surface area contributed by atoms with Crippen LogP contribution in [0.2, 0.25) is 5.02 Å². The average Bonchev–Trinajstić information content (AvgIpc) is 3.08. The van der Waals surface area contributed by atoms with Gasteiger partial charge in [0.15, 0.2) is 11.0 Å². The van der Waals surface area contributed by atoms with Crippen molar-refractivity contribution in [1.82, 2.24) is 20.1 Å². The van der Waals surface area contributed by atoms with Crippen LogP contribution in [0, 0.1) is 23.2 Å². The molecule has 4 aliphatic carbocycles. The van der Waals surface area contributed by atoms with E-state index in [1.54, 1.807) is 0 Å². The smallest absolute Gasteiger partial charge is 0.226 e. The number of nitrogens with zero attached hydrogens (tertiary/aromatic N) is 3. The van der Waals surface area contributed by atoms with E-state index in [0.29, 0.717) is 11.6 Å². The van der Waals surface area contributed by atoms with Crippen molar-refractivity contribution in [3.05, 3.63) is 35.1 Å². The van der Waals surface area contributed by atoms with Crippen LogP contribution in [0.5, 0.6) is 0 Å². The lowest BCUT2D eigenvalue weighted by atomic mass is 9.49. The normalized spacial score (nSPS) is 30.6. The van der Waals surface area contributed by atoms with Crippen LogP contribution >= 0.6 is 23.4 Å². The Morgan fingerprint density at radius 2 is 1.89 bits per heavy atom. The van der Waals surface area contributed by atoms with E-state index in [9.17, 15) is 4.79 Å². The van der Waals surface area contributed by atoms with Crippen molar-refractivity contribution in [2.75, 3.05) is 6.26 Å².